The molecule has 1 heterocycles. The Morgan fingerprint density at radius 3 is 2.26 bits per heavy atom. The standard InChI is InChI=1S/C25H25NS/c1-3-26(4-2)17-16-21(19-10-6-5-7-11-19)20-14-15-25-23(18-20)22-12-8-9-13-24(22)27-25/h5-16,18H,3-4,17H2,1-2H3. The van der Waals surface area contributed by atoms with E-state index < -0.39 is 0 Å². The molecule has 0 radical (unpaired) electrons. The summed E-state index contributed by atoms with van der Waals surface area (Å²) in [6.45, 7) is 7.57. The fourth-order valence-corrected chi connectivity index (χ4v) is 4.70. The van der Waals surface area contributed by atoms with E-state index in [1.807, 2.05) is 11.3 Å². The van der Waals surface area contributed by atoms with Crippen LogP contribution in [0.25, 0.3) is 25.7 Å². The quantitative estimate of drug-likeness (QED) is 0.359. The topological polar surface area (TPSA) is 3.24 Å². The molecule has 0 spiro atoms. The molecule has 136 valence electrons. The van der Waals surface area contributed by atoms with Gasteiger partial charge in [-0.2, -0.15) is 0 Å². The summed E-state index contributed by atoms with van der Waals surface area (Å²) in [6, 6.07) is 26.4. The lowest BCUT2D eigenvalue weighted by molar-refractivity contribution is 0.337. The van der Waals surface area contributed by atoms with Crippen LogP contribution in [-0.2, 0) is 0 Å². The second kappa shape index (κ2) is 8.08. The molecule has 3 aromatic carbocycles. The molecule has 4 rings (SSSR count). The van der Waals surface area contributed by atoms with Crippen LogP contribution >= 0.6 is 11.3 Å². The molecule has 0 bridgehead atoms. The molecule has 4 aromatic rings. The van der Waals surface area contributed by atoms with E-state index in [9.17, 15) is 0 Å². The minimum atomic E-state index is 0.972. The van der Waals surface area contributed by atoms with Crippen molar-refractivity contribution in [2.45, 2.75) is 13.8 Å². The highest BCUT2D eigenvalue weighted by Crippen LogP contribution is 2.36. The number of fused-ring (bicyclic) bond motifs is 3. The normalized spacial score (nSPS) is 12.3. The first kappa shape index (κ1) is 18.0. The van der Waals surface area contributed by atoms with Crippen LogP contribution in [0.4, 0.5) is 0 Å². The lowest BCUT2D eigenvalue weighted by atomic mass is 9.96. The van der Waals surface area contributed by atoms with Gasteiger partial charge in [-0.05, 0) is 48.0 Å². The van der Waals surface area contributed by atoms with Crippen LogP contribution in [0.15, 0.2) is 78.9 Å². The molecule has 1 aromatic heterocycles. The van der Waals surface area contributed by atoms with E-state index in [1.54, 1.807) is 0 Å². The lowest BCUT2D eigenvalue weighted by Gasteiger charge is -2.17. The van der Waals surface area contributed by atoms with Crippen LogP contribution in [0.1, 0.15) is 25.0 Å². The van der Waals surface area contributed by atoms with Crippen molar-refractivity contribution < 1.29 is 0 Å². The van der Waals surface area contributed by atoms with Gasteiger partial charge in [0.15, 0.2) is 0 Å². The molecule has 0 unspecified atom stereocenters. The zero-order chi connectivity index (χ0) is 18.6. The summed E-state index contributed by atoms with van der Waals surface area (Å²) in [5, 5.41) is 2.72. The highest BCUT2D eigenvalue weighted by molar-refractivity contribution is 7.25. The number of hydrogen-bond donors (Lipinski definition) is 0. The van der Waals surface area contributed by atoms with Crippen molar-refractivity contribution in [3.05, 3.63) is 90.0 Å². The summed E-state index contributed by atoms with van der Waals surface area (Å²) in [5.74, 6) is 0. The van der Waals surface area contributed by atoms with Gasteiger partial charge in [-0.3, -0.25) is 0 Å². The average Bonchev–Trinajstić information content (AvgIpc) is 3.10. The second-order valence-corrected chi connectivity index (χ2v) is 7.86. The summed E-state index contributed by atoms with van der Waals surface area (Å²) in [7, 11) is 0. The Morgan fingerprint density at radius 2 is 1.48 bits per heavy atom. The van der Waals surface area contributed by atoms with Gasteiger partial charge in [0.25, 0.3) is 0 Å². The summed E-state index contributed by atoms with van der Waals surface area (Å²) < 4.78 is 2.72. The summed E-state index contributed by atoms with van der Waals surface area (Å²) in [4.78, 5) is 2.45. The van der Waals surface area contributed by atoms with E-state index in [4.69, 9.17) is 0 Å². The number of likely N-dealkylation sites (N-methyl/N-ethyl adjacent to an activating group) is 1. The van der Waals surface area contributed by atoms with Crippen LogP contribution in [-0.4, -0.2) is 24.5 Å². The van der Waals surface area contributed by atoms with Gasteiger partial charge in [-0.25, -0.2) is 0 Å². The SMILES string of the molecule is CCN(CC)CC=C(c1ccccc1)c1ccc2sc3ccccc3c2c1. The molecule has 0 aliphatic carbocycles. The molecule has 27 heavy (non-hydrogen) atoms. The van der Waals surface area contributed by atoms with Crippen LogP contribution in [0.3, 0.4) is 0 Å². The van der Waals surface area contributed by atoms with Crippen LogP contribution in [0, 0.1) is 0 Å². The Kier molecular flexibility index (Phi) is 5.38. The predicted octanol–water partition coefficient (Wildman–Crippen LogP) is 6.83. The number of thiophene rings is 1. The van der Waals surface area contributed by atoms with Crippen molar-refractivity contribution in [2.75, 3.05) is 19.6 Å². The maximum atomic E-state index is 2.45. The Balaban J connectivity index is 1.84. The lowest BCUT2D eigenvalue weighted by Crippen LogP contribution is -2.22. The Hall–Kier alpha value is -2.42. The van der Waals surface area contributed by atoms with Gasteiger partial charge in [0, 0.05) is 26.7 Å². The van der Waals surface area contributed by atoms with E-state index in [-0.39, 0.29) is 0 Å². The van der Waals surface area contributed by atoms with E-state index in [0.29, 0.717) is 0 Å². The maximum absolute atomic E-state index is 2.45. The third-order valence-electron chi connectivity index (χ3n) is 5.22. The number of benzene rings is 3. The molecule has 0 aliphatic heterocycles. The zero-order valence-corrected chi connectivity index (χ0v) is 16.8. The minimum Gasteiger partial charge on any atom is -0.300 e. The van der Waals surface area contributed by atoms with Crippen molar-refractivity contribution in [3.63, 3.8) is 0 Å². The van der Waals surface area contributed by atoms with Crippen LogP contribution in [0.5, 0.6) is 0 Å². The van der Waals surface area contributed by atoms with Gasteiger partial charge in [0.2, 0.25) is 0 Å². The zero-order valence-electron chi connectivity index (χ0n) is 16.0. The molecular weight excluding hydrogens is 346 g/mol. The molecule has 0 N–H and O–H groups in total. The molecule has 0 saturated carbocycles. The average molecular weight is 372 g/mol. The van der Waals surface area contributed by atoms with Gasteiger partial charge >= 0.3 is 0 Å². The van der Waals surface area contributed by atoms with Gasteiger partial charge in [0.05, 0.1) is 0 Å². The Bertz CT molecular complexity index is 1070. The largest absolute Gasteiger partial charge is 0.300 e. The van der Waals surface area contributed by atoms with E-state index in [1.165, 1.54) is 36.9 Å². The van der Waals surface area contributed by atoms with Gasteiger partial charge < -0.3 is 4.90 Å². The summed E-state index contributed by atoms with van der Waals surface area (Å²) in [6.07, 6.45) is 2.39. The van der Waals surface area contributed by atoms with Crippen molar-refractivity contribution in [1.29, 1.82) is 0 Å². The fraction of sp³-hybridized carbons (Fsp3) is 0.200. The van der Waals surface area contributed by atoms with E-state index >= 15 is 0 Å². The fourth-order valence-electron chi connectivity index (χ4n) is 3.62. The third kappa shape index (κ3) is 3.69. The van der Waals surface area contributed by atoms with Crippen molar-refractivity contribution in [3.8, 4) is 0 Å². The minimum absolute atomic E-state index is 0.972. The first-order chi connectivity index (χ1) is 13.3. The van der Waals surface area contributed by atoms with Crippen molar-refractivity contribution >= 4 is 37.1 Å². The number of hydrogen-bond acceptors (Lipinski definition) is 2. The number of rotatable bonds is 6. The molecule has 0 amide bonds. The number of nitrogens with zero attached hydrogens (tertiary/aromatic N) is 1. The first-order valence-corrected chi connectivity index (χ1v) is 10.5. The second-order valence-electron chi connectivity index (χ2n) is 6.78. The van der Waals surface area contributed by atoms with Crippen molar-refractivity contribution in [1.82, 2.24) is 4.90 Å². The van der Waals surface area contributed by atoms with Crippen LogP contribution < -0.4 is 0 Å². The Morgan fingerprint density at radius 1 is 0.778 bits per heavy atom. The summed E-state index contributed by atoms with van der Waals surface area (Å²) in [5.41, 5.74) is 3.90. The first-order valence-electron chi connectivity index (χ1n) is 9.69. The predicted molar refractivity (Wildman–Crippen MR) is 121 cm³/mol. The summed E-state index contributed by atoms with van der Waals surface area (Å²) >= 11 is 1.88. The molecular formula is C25H25NS. The molecule has 0 saturated heterocycles. The van der Waals surface area contributed by atoms with Gasteiger partial charge in [-0.15, -0.1) is 11.3 Å². The molecule has 0 atom stereocenters. The third-order valence-corrected chi connectivity index (χ3v) is 6.37. The van der Waals surface area contributed by atoms with Gasteiger partial charge in [-0.1, -0.05) is 74.5 Å². The van der Waals surface area contributed by atoms with Crippen LogP contribution in [0.2, 0.25) is 0 Å². The highest BCUT2D eigenvalue weighted by atomic mass is 32.1. The molecule has 2 heteroatoms. The highest BCUT2D eigenvalue weighted by Gasteiger charge is 2.10. The molecule has 0 aliphatic rings. The van der Waals surface area contributed by atoms with E-state index in [0.717, 1.165) is 19.6 Å². The van der Waals surface area contributed by atoms with Gasteiger partial charge in [0.1, 0.15) is 0 Å². The monoisotopic (exact) mass is 371 g/mol. The van der Waals surface area contributed by atoms with E-state index in [2.05, 4.69) is 97.6 Å². The smallest absolute Gasteiger partial charge is 0.0355 e. The van der Waals surface area contributed by atoms with Crippen molar-refractivity contribution in [2.24, 2.45) is 0 Å². The molecule has 1 nitrogen and oxygen atoms in total. The molecule has 0 fully saturated rings. The Labute approximate surface area is 165 Å². The maximum Gasteiger partial charge on any atom is 0.0355 e.